The maximum Gasteiger partial charge on any atom is 0.249 e. The number of carbonyl (C=O) groups is 2. The second-order valence-corrected chi connectivity index (χ2v) is 12.1. The number of aliphatic hydroxyl groups is 1. The Bertz CT molecular complexity index is 1300. The highest BCUT2D eigenvalue weighted by Crippen LogP contribution is 2.64. The van der Waals surface area contributed by atoms with Gasteiger partial charge >= 0.3 is 0 Å². The quantitative estimate of drug-likeness (QED) is 0.454. The monoisotopic (exact) mass is 463 g/mol. The van der Waals surface area contributed by atoms with Gasteiger partial charge in [-0.2, -0.15) is 4.74 Å². The van der Waals surface area contributed by atoms with E-state index in [1.807, 2.05) is 39.8 Å². The summed E-state index contributed by atoms with van der Waals surface area (Å²) in [7, 11) is 0. The molecule has 5 fully saturated rings. The van der Waals surface area contributed by atoms with Gasteiger partial charge in [0.25, 0.3) is 0 Å². The van der Waals surface area contributed by atoms with Crippen LogP contribution >= 0.6 is 0 Å². The van der Waals surface area contributed by atoms with Crippen molar-refractivity contribution in [1.29, 1.82) is 0 Å². The lowest BCUT2D eigenvalue weighted by Crippen LogP contribution is -2.86. The summed E-state index contributed by atoms with van der Waals surface area (Å²) in [5, 5.41) is 29.4. The molecule has 1 aromatic rings. The zero-order chi connectivity index (χ0) is 24.1. The van der Waals surface area contributed by atoms with Gasteiger partial charge in [-0.1, -0.05) is 0 Å². The fourth-order valence-electron chi connectivity index (χ4n) is 8.13. The first kappa shape index (κ1) is 20.5. The highest BCUT2D eigenvalue weighted by Gasteiger charge is 2.79. The molecule has 2 N–H and O–H groups in total. The topological polar surface area (TPSA) is 105 Å². The minimum atomic E-state index is -1.67. The first-order valence-corrected chi connectivity index (χ1v) is 12.2. The maximum absolute atomic E-state index is 14.0. The van der Waals surface area contributed by atoms with E-state index in [1.165, 1.54) is 0 Å². The fourth-order valence-corrected chi connectivity index (χ4v) is 8.13. The van der Waals surface area contributed by atoms with Gasteiger partial charge in [0, 0.05) is 18.9 Å². The van der Waals surface area contributed by atoms with E-state index in [2.05, 4.69) is 5.32 Å². The second kappa shape index (κ2) is 5.51. The molecule has 178 valence electrons. The average molecular weight is 464 g/mol. The standard InChI is InChI=1S/C26H29N3O5/c1-22(2)10-8-14-16(34-22)7-6-15-18(14)29(33)19-23(3,4)17-12-24-9-5-11-28(24)21(31)25(17,27-20(24)30)13-26(15,19)32/h6-8,10,17,32H,5,9,11-13H2,1-4H3,(H,27,30)/t17-,24-,25-,26+/m1/s1. The van der Waals surface area contributed by atoms with E-state index < -0.39 is 27.7 Å². The van der Waals surface area contributed by atoms with E-state index in [-0.39, 0.29) is 24.2 Å². The van der Waals surface area contributed by atoms with Crippen LogP contribution in [0.5, 0.6) is 5.75 Å². The van der Waals surface area contributed by atoms with Crippen LogP contribution in [0.2, 0.25) is 0 Å². The van der Waals surface area contributed by atoms with Crippen LogP contribution in [-0.2, 0) is 15.2 Å². The van der Waals surface area contributed by atoms with Gasteiger partial charge in [0.1, 0.15) is 22.4 Å². The zero-order valence-electron chi connectivity index (χ0n) is 19.9. The van der Waals surface area contributed by atoms with Crippen molar-refractivity contribution in [3.05, 3.63) is 34.5 Å². The number of hydrogen-bond donors (Lipinski definition) is 2. The smallest absolute Gasteiger partial charge is 0.249 e. The predicted octanol–water partition coefficient (Wildman–Crippen LogP) is 2.33. The van der Waals surface area contributed by atoms with E-state index in [9.17, 15) is 19.9 Å². The van der Waals surface area contributed by atoms with Crippen LogP contribution in [0, 0.1) is 16.5 Å². The molecular weight excluding hydrogens is 434 g/mol. The van der Waals surface area contributed by atoms with Crippen LogP contribution < -0.4 is 10.1 Å². The molecular formula is C26H29N3O5. The Hall–Kier alpha value is -2.87. The fraction of sp³-hybridized carbons (Fsp3) is 0.577. The molecule has 6 aliphatic heterocycles. The summed E-state index contributed by atoms with van der Waals surface area (Å²) in [5.74, 6) is 0.0652. The lowest BCUT2D eigenvalue weighted by atomic mass is 9.47. The first-order chi connectivity index (χ1) is 15.9. The molecule has 1 aromatic carbocycles. The van der Waals surface area contributed by atoms with Gasteiger partial charge < -0.3 is 25.3 Å². The predicted molar refractivity (Wildman–Crippen MR) is 123 cm³/mol. The number of fused-ring (bicyclic) bond motifs is 6. The van der Waals surface area contributed by atoms with Crippen LogP contribution in [0.15, 0.2) is 18.2 Å². The Morgan fingerprint density at radius 2 is 2.00 bits per heavy atom. The summed E-state index contributed by atoms with van der Waals surface area (Å²) in [6.07, 6.45) is 5.68. The van der Waals surface area contributed by atoms with Crippen molar-refractivity contribution in [1.82, 2.24) is 10.2 Å². The molecule has 2 amide bonds. The van der Waals surface area contributed by atoms with Crippen LogP contribution in [-0.4, -0.2) is 55.5 Å². The molecule has 4 atom stereocenters. The molecule has 1 aliphatic carbocycles. The molecule has 8 heteroatoms. The lowest BCUT2D eigenvalue weighted by molar-refractivity contribution is -0.368. The minimum absolute atomic E-state index is 0.0405. The molecule has 8 rings (SSSR count). The summed E-state index contributed by atoms with van der Waals surface area (Å²) in [6, 6.07) is 3.53. The van der Waals surface area contributed by atoms with Crippen molar-refractivity contribution >= 4 is 29.3 Å². The third kappa shape index (κ3) is 1.97. The molecule has 7 aliphatic rings. The Balaban J connectivity index is 1.47. The second-order valence-electron chi connectivity index (χ2n) is 12.1. The van der Waals surface area contributed by atoms with E-state index >= 15 is 0 Å². The highest BCUT2D eigenvalue weighted by molar-refractivity contribution is 6.09. The molecule has 8 nitrogen and oxygen atoms in total. The van der Waals surface area contributed by atoms with Crippen molar-refractivity contribution in [2.75, 3.05) is 6.54 Å². The number of piperidine rings is 2. The Morgan fingerprint density at radius 3 is 2.76 bits per heavy atom. The SMILES string of the molecule is CC1(C)C=Cc2c(ccc3c2[N+]([O-])=C2C(C)(C)[C@H]4C[C@@]56CCCN5C(=O)[C@]4(C[C@@]23O)NC6=O)O1. The first-order valence-electron chi connectivity index (χ1n) is 12.2. The molecule has 0 unspecified atom stereocenters. The molecule has 6 heterocycles. The molecule has 0 radical (unpaired) electrons. The Morgan fingerprint density at radius 1 is 1.24 bits per heavy atom. The van der Waals surface area contributed by atoms with Crippen molar-refractivity contribution < 1.29 is 24.2 Å². The van der Waals surface area contributed by atoms with Crippen molar-refractivity contribution in [2.45, 2.75) is 75.7 Å². The lowest BCUT2D eigenvalue weighted by Gasteiger charge is -2.65. The van der Waals surface area contributed by atoms with Crippen LogP contribution in [0.3, 0.4) is 0 Å². The number of ether oxygens (including phenoxy) is 1. The summed E-state index contributed by atoms with van der Waals surface area (Å²) in [5.41, 5.74) is -3.25. The number of benzene rings is 1. The average Bonchev–Trinajstić information content (AvgIpc) is 3.27. The molecule has 2 bridgehead atoms. The third-order valence-corrected chi connectivity index (χ3v) is 9.47. The molecule has 0 aromatic heterocycles. The van der Waals surface area contributed by atoms with Gasteiger partial charge in [-0.3, -0.25) is 9.59 Å². The van der Waals surface area contributed by atoms with Crippen LogP contribution in [0.4, 0.5) is 5.69 Å². The number of hydrogen-bond acceptors (Lipinski definition) is 5. The number of nitrogens with one attached hydrogen (secondary N) is 1. The van der Waals surface area contributed by atoms with Gasteiger partial charge in [0.15, 0.2) is 5.60 Å². The van der Waals surface area contributed by atoms with Gasteiger partial charge in [0.05, 0.1) is 16.5 Å². The summed E-state index contributed by atoms with van der Waals surface area (Å²) < 4.78 is 6.97. The highest BCUT2D eigenvalue weighted by atomic mass is 16.5. The number of rotatable bonds is 0. The number of nitrogens with zero attached hydrogens (tertiary/aromatic N) is 2. The zero-order valence-corrected chi connectivity index (χ0v) is 19.9. The molecule has 4 saturated heterocycles. The van der Waals surface area contributed by atoms with E-state index in [4.69, 9.17) is 4.74 Å². The van der Waals surface area contributed by atoms with Crippen LogP contribution in [0.1, 0.15) is 64.5 Å². The summed E-state index contributed by atoms with van der Waals surface area (Å²) >= 11 is 0. The van der Waals surface area contributed by atoms with Crippen molar-refractivity contribution in [2.24, 2.45) is 11.3 Å². The van der Waals surface area contributed by atoms with Gasteiger partial charge in [0.2, 0.25) is 23.2 Å². The number of carbonyl (C=O) groups excluding carboxylic acids is 2. The van der Waals surface area contributed by atoms with Gasteiger partial charge in [-0.25, -0.2) is 0 Å². The maximum atomic E-state index is 14.0. The largest absolute Gasteiger partial charge is 0.618 e. The minimum Gasteiger partial charge on any atom is -0.618 e. The van der Waals surface area contributed by atoms with E-state index in [0.717, 1.165) is 11.2 Å². The van der Waals surface area contributed by atoms with Gasteiger partial charge in [-0.15, -0.1) is 0 Å². The Labute approximate surface area is 197 Å². The van der Waals surface area contributed by atoms with E-state index in [1.54, 1.807) is 17.0 Å². The molecule has 2 spiro atoms. The molecule has 34 heavy (non-hydrogen) atoms. The van der Waals surface area contributed by atoms with E-state index in [0.29, 0.717) is 47.7 Å². The number of piperazine rings is 1. The van der Waals surface area contributed by atoms with Crippen LogP contribution in [0.25, 0.3) is 6.08 Å². The third-order valence-electron chi connectivity index (χ3n) is 9.47. The normalized spacial score (nSPS) is 39.7. The Kier molecular flexibility index (Phi) is 3.32. The van der Waals surface area contributed by atoms with Crippen molar-refractivity contribution in [3.63, 3.8) is 0 Å². The summed E-state index contributed by atoms with van der Waals surface area (Å²) in [4.78, 5) is 29.0. The molecule has 1 saturated carbocycles. The van der Waals surface area contributed by atoms with Gasteiger partial charge in [-0.05, 0) is 71.2 Å². The van der Waals surface area contributed by atoms with Crippen molar-refractivity contribution in [3.8, 4) is 5.75 Å². The number of amides is 2. The summed E-state index contributed by atoms with van der Waals surface area (Å²) in [6.45, 7) is 8.33.